The molecule has 3 rings (SSSR count). The average Bonchev–Trinajstić information content (AvgIpc) is 2.96. The predicted octanol–water partition coefficient (Wildman–Crippen LogP) is 3.26. The Hall–Kier alpha value is -2.87. The van der Waals surface area contributed by atoms with Gasteiger partial charge < -0.3 is 10.1 Å². The lowest BCUT2D eigenvalue weighted by molar-refractivity contribution is -0.384. The lowest BCUT2D eigenvalue weighted by Crippen LogP contribution is -2.19. The minimum Gasteiger partial charge on any atom is -0.480 e. The minimum absolute atomic E-state index is 0.0400. The second kappa shape index (κ2) is 6.71. The summed E-state index contributed by atoms with van der Waals surface area (Å²) in [5.74, 6) is -0.935. The third kappa shape index (κ3) is 3.54. The van der Waals surface area contributed by atoms with Crippen LogP contribution in [0.5, 0.6) is 0 Å². The van der Waals surface area contributed by atoms with Crippen LogP contribution in [-0.4, -0.2) is 31.2 Å². The lowest BCUT2D eigenvalue weighted by Gasteiger charge is -2.10. The second-order valence-electron chi connectivity index (χ2n) is 5.13. The van der Waals surface area contributed by atoms with E-state index in [0.29, 0.717) is 22.6 Å². The van der Waals surface area contributed by atoms with Gasteiger partial charge in [0.25, 0.3) is 5.69 Å². The van der Waals surface area contributed by atoms with E-state index >= 15 is 0 Å². The molecule has 3 aromatic rings. The van der Waals surface area contributed by atoms with Crippen molar-refractivity contribution in [1.82, 2.24) is 9.97 Å². The topological polar surface area (TPSA) is 109 Å². The van der Waals surface area contributed by atoms with E-state index in [4.69, 9.17) is 0 Å². The van der Waals surface area contributed by atoms with E-state index < -0.39 is 16.1 Å². The number of aromatic amines is 1. The lowest BCUT2D eigenvalue weighted by atomic mass is 10.1. The van der Waals surface area contributed by atoms with Crippen LogP contribution in [0.25, 0.3) is 11.0 Å². The highest BCUT2D eigenvalue weighted by molar-refractivity contribution is 8.00. The first kappa shape index (κ1) is 16.0. The normalized spacial score (nSPS) is 12.2. The zero-order chi connectivity index (χ0) is 17.1. The molecule has 1 unspecified atom stereocenters. The molecule has 0 aliphatic heterocycles. The Labute approximate surface area is 140 Å². The van der Waals surface area contributed by atoms with Gasteiger partial charge in [-0.1, -0.05) is 42.1 Å². The number of aromatic nitrogens is 2. The third-order valence-electron chi connectivity index (χ3n) is 3.45. The van der Waals surface area contributed by atoms with Gasteiger partial charge in [0, 0.05) is 12.1 Å². The van der Waals surface area contributed by atoms with Gasteiger partial charge in [-0.25, -0.2) is 4.98 Å². The predicted molar refractivity (Wildman–Crippen MR) is 90.2 cm³/mol. The number of fused-ring (bicyclic) bond motifs is 1. The van der Waals surface area contributed by atoms with E-state index in [1.165, 1.54) is 12.1 Å². The van der Waals surface area contributed by atoms with Crippen LogP contribution < -0.4 is 0 Å². The molecule has 0 spiro atoms. The van der Waals surface area contributed by atoms with E-state index in [1.807, 2.05) is 30.3 Å². The second-order valence-corrected chi connectivity index (χ2v) is 6.33. The average molecular weight is 343 g/mol. The standard InChI is InChI=1S/C16H13N3O4S/c20-15(21)14(8-10-4-2-1-3-5-10)24-16-17-12-7-6-11(19(22)23)9-13(12)18-16/h1-7,9,14H,8H2,(H,17,18)(H,20,21). The molecule has 24 heavy (non-hydrogen) atoms. The van der Waals surface area contributed by atoms with Gasteiger partial charge in [-0.15, -0.1) is 0 Å². The maximum Gasteiger partial charge on any atom is 0.317 e. The number of rotatable bonds is 6. The highest BCUT2D eigenvalue weighted by Crippen LogP contribution is 2.27. The molecular formula is C16H13N3O4S. The quantitative estimate of drug-likeness (QED) is 0.404. The van der Waals surface area contributed by atoms with Crippen molar-refractivity contribution in [2.45, 2.75) is 16.8 Å². The molecule has 0 aliphatic carbocycles. The number of carboxylic acids is 1. The number of nitrogens with zero attached hydrogens (tertiary/aromatic N) is 2. The number of non-ortho nitro benzene ring substituents is 1. The van der Waals surface area contributed by atoms with Crippen LogP contribution in [-0.2, 0) is 11.2 Å². The van der Waals surface area contributed by atoms with Crippen molar-refractivity contribution in [3.63, 3.8) is 0 Å². The van der Waals surface area contributed by atoms with Crippen molar-refractivity contribution >= 4 is 34.5 Å². The molecule has 0 fully saturated rings. The Bertz CT molecular complexity index is 895. The number of nitro groups is 1. The van der Waals surface area contributed by atoms with Crippen LogP contribution in [0.1, 0.15) is 5.56 Å². The molecule has 0 saturated carbocycles. The van der Waals surface area contributed by atoms with Crippen molar-refractivity contribution in [2.75, 3.05) is 0 Å². The fourth-order valence-corrected chi connectivity index (χ4v) is 3.25. The van der Waals surface area contributed by atoms with Gasteiger partial charge in [0.05, 0.1) is 16.0 Å². The summed E-state index contributed by atoms with van der Waals surface area (Å²) in [6, 6.07) is 13.6. The fraction of sp³-hybridized carbons (Fsp3) is 0.125. The van der Waals surface area contributed by atoms with Crippen molar-refractivity contribution in [2.24, 2.45) is 0 Å². The monoisotopic (exact) mass is 343 g/mol. The van der Waals surface area contributed by atoms with Gasteiger partial charge in [0.1, 0.15) is 5.25 Å². The van der Waals surface area contributed by atoms with Crippen molar-refractivity contribution in [3.05, 3.63) is 64.2 Å². The molecule has 0 bridgehead atoms. The van der Waals surface area contributed by atoms with Crippen LogP contribution >= 0.6 is 11.8 Å². The van der Waals surface area contributed by atoms with Crippen LogP contribution in [0.4, 0.5) is 5.69 Å². The zero-order valence-corrected chi connectivity index (χ0v) is 13.2. The molecule has 8 heteroatoms. The number of carbonyl (C=O) groups is 1. The Balaban J connectivity index is 1.83. The molecule has 2 aromatic carbocycles. The Kier molecular flexibility index (Phi) is 4.48. The number of nitrogens with one attached hydrogen (secondary N) is 1. The van der Waals surface area contributed by atoms with Gasteiger partial charge in [-0.2, -0.15) is 0 Å². The molecular weight excluding hydrogens is 330 g/mol. The summed E-state index contributed by atoms with van der Waals surface area (Å²) < 4.78 is 0. The molecule has 0 aliphatic rings. The summed E-state index contributed by atoms with van der Waals surface area (Å²) >= 11 is 1.10. The maximum absolute atomic E-state index is 11.5. The highest BCUT2D eigenvalue weighted by atomic mass is 32.2. The van der Waals surface area contributed by atoms with Gasteiger partial charge >= 0.3 is 5.97 Å². The smallest absolute Gasteiger partial charge is 0.317 e. The van der Waals surface area contributed by atoms with E-state index in [1.54, 1.807) is 6.07 Å². The number of aliphatic carboxylic acids is 1. The molecule has 0 saturated heterocycles. The molecule has 2 N–H and O–H groups in total. The molecule has 122 valence electrons. The first-order valence-corrected chi connectivity index (χ1v) is 7.98. The van der Waals surface area contributed by atoms with Gasteiger partial charge in [0.15, 0.2) is 5.16 Å². The van der Waals surface area contributed by atoms with Gasteiger partial charge in [-0.3, -0.25) is 14.9 Å². The number of nitro benzene ring substituents is 1. The van der Waals surface area contributed by atoms with Crippen molar-refractivity contribution in [3.8, 4) is 0 Å². The number of hydrogen-bond acceptors (Lipinski definition) is 5. The van der Waals surface area contributed by atoms with Crippen molar-refractivity contribution in [1.29, 1.82) is 0 Å². The molecule has 1 atom stereocenters. The number of benzene rings is 2. The molecule has 0 amide bonds. The summed E-state index contributed by atoms with van der Waals surface area (Å²) in [5.41, 5.74) is 1.95. The number of H-pyrrole nitrogens is 1. The fourth-order valence-electron chi connectivity index (χ4n) is 2.29. The largest absolute Gasteiger partial charge is 0.480 e. The summed E-state index contributed by atoms with van der Waals surface area (Å²) in [7, 11) is 0. The van der Waals surface area contributed by atoms with Crippen LogP contribution in [0.15, 0.2) is 53.7 Å². The van der Waals surface area contributed by atoms with Crippen LogP contribution in [0.3, 0.4) is 0 Å². The van der Waals surface area contributed by atoms with Crippen LogP contribution in [0.2, 0.25) is 0 Å². The van der Waals surface area contributed by atoms with Gasteiger partial charge in [-0.05, 0) is 18.1 Å². The summed E-state index contributed by atoms with van der Waals surface area (Å²) in [6.07, 6.45) is 0.359. The molecule has 1 heterocycles. The minimum atomic E-state index is -0.935. The number of imidazole rings is 1. The zero-order valence-electron chi connectivity index (χ0n) is 12.4. The van der Waals surface area contributed by atoms with Crippen molar-refractivity contribution < 1.29 is 14.8 Å². The Morgan fingerprint density at radius 3 is 2.71 bits per heavy atom. The van der Waals surface area contributed by atoms with Gasteiger partial charge in [0.2, 0.25) is 0 Å². The highest BCUT2D eigenvalue weighted by Gasteiger charge is 2.21. The van der Waals surface area contributed by atoms with Crippen LogP contribution in [0, 0.1) is 10.1 Å². The van der Waals surface area contributed by atoms with E-state index in [2.05, 4.69) is 9.97 Å². The Morgan fingerprint density at radius 2 is 2.04 bits per heavy atom. The summed E-state index contributed by atoms with van der Waals surface area (Å²) in [4.78, 5) is 29.1. The van der Waals surface area contributed by atoms with E-state index in [9.17, 15) is 20.0 Å². The maximum atomic E-state index is 11.5. The SMILES string of the molecule is O=C(O)C(Cc1ccccc1)Sc1nc2ccc([N+](=O)[O-])cc2[nH]1. The molecule has 0 radical (unpaired) electrons. The van der Waals surface area contributed by atoms with E-state index in [-0.39, 0.29) is 5.69 Å². The van der Waals surface area contributed by atoms with E-state index in [0.717, 1.165) is 17.3 Å². The number of thioether (sulfide) groups is 1. The first-order valence-electron chi connectivity index (χ1n) is 7.10. The molecule has 7 nitrogen and oxygen atoms in total. The third-order valence-corrected chi connectivity index (χ3v) is 4.52. The molecule has 1 aromatic heterocycles. The number of carboxylic acid groups (broad SMARTS) is 1. The first-order chi connectivity index (χ1) is 11.5. The summed E-state index contributed by atoms with van der Waals surface area (Å²) in [6.45, 7) is 0. The summed E-state index contributed by atoms with van der Waals surface area (Å²) in [5, 5.41) is 20.0. The Morgan fingerprint density at radius 1 is 1.29 bits per heavy atom. The number of hydrogen-bond donors (Lipinski definition) is 2.